The number of imide groups is 1. The number of anilines is 1. The van der Waals surface area contributed by atoms with Crippen molar-refractivity contribution in [1.29, 1.82) is 0 Å². The molecule has 6 rings (SSSR count). The summed E-state index contributed by atoms with van der Waals surface area (Å²) in [5.74, 6) is 1.12. The van der Waals surface area contributed by atoms with E-state index < -0.39 is 0 Å². The van der Waals surface area contributed by atoms with Crippen molar-refractivity contribution in [2.24, 2.45) is 0 Å². The lowest BCUT2D eigenvalue weighted by molar-refractivity contribution is 0.0640. The monoisotopic (exact) mass is 726 g/mol. The summed E-state index contributed by atoms with van der Waals surface area (Å²) in [5.41, 5.74) is 8.07. The van der Waals surface area contributed by atoms with E-state index in [0.29, 0.717) is 51.9 Å². The van der Waals surface area contributed by atoms with Gasteiger partial charge in [0.05, 0.1) is 15.2 Å². The minimum atomic E-state index is -0.366. The number of carbonyl (C=O) groups is 2. The standard InChI is InChI=1S/C23H16I2N6O4S/c24-13-7-14-15(35-10-34-14)8-16(13)36-23-29-18-19(26)27-9-28-20(18)30(23)6-5-17(25)31-21(32)11-3-1-2-4-12(11)22(31)33/h1-4,7-9,17H,5-6,10H2,(H2,26,27,28). The van der Waals surface area contributed by atoms with Gasteiger partial charge in [0.25, 0.3) is 11.8 Å². The van der Waals surface area contributed by atoms with Gasteiger partial charge >= 0.3 is 0 Å². The second-order valence-corrected chi connectivity index (χ2v) is 11.6. The number of amides is 2. The third kappa shape index (κ3) is 3.96. The van der Waals surface area contributed by atoms with Gasteiger partial charge in [-0.05, 0) is 53.3 Å². The van der Waals surface area contributed by atoms with Crippen molar-refractivity contribution in [3.05, 3.63) is 57.4 Å². The normalized spacial score (nSPS) is 15.1. The Kier molecular flexibility index (Phi) is 6.15. The molecule has 2 amide bonds. The molecule has 10 nitrogen and oxygen atoms in total. The quantitative estimate of drug-likeness (QED) is 0.134. The number of nitrogens with two attached hydrogens (primary N) is 1. The molecule has 0 bridgehead atoms. The number of rotatable bonds is 6. The van der Waals surface area contributed by atoms with Gasteiger partial charge in [0, 0.05) is 15.0 Å². The van der Waals surface area contributed by atoms with Gasteiger partial charge in [-0.25, -0.2) is 15.0 Å². The molecule has 2 aliphatic heterocycles. The number of halogens is 2. The first-order valence-electron chi connectivity index (χ1n) is 10.8. The lowest BCUT2D eigenvalue weighted by Gasteiger charge is -2.21. The summed E-state index contributed by atoms with van der Waals surface area (Å²) in [6, 6.07) is 10.7. The molecule has 2 N–H and O–H groups in total. The molecule has 0 saturated heterocycles. The van der Waals surface area contributed by atoms with Gasteiger partial charge in [0.15, 0.2) is 33.6 Å². The highest BCUT2D eigenvalue weighted by molar-refractivity contribution is 14.1. The lowest BCUT2D eigenvalue weighted by Crippen LogP contribution is -2.36. The van der Waals surface area contributed by atoms with Crippen molar-refractivity contribution in [2.75, 3.05) is 12.5 Å². The van der Waals surface area contributed by atoms with Crippen LogP contribution in [0.2, 0.25) is 0 Å². The number of alkyl halides is 1. The summed E-state index contributed by atoms with van der Waals surface area (Å²) in [7, 11) is 0. The van der Waals surface area contributed by atoms with Crippen molar-refractivity contribution in [1.82, 2.24) is 24.4 Å². The molecule has 2 aromatic heterocycles. The fourth-order valence-corrected chi connectivity index (χ4v) is 6.61. The van der Waals surface area contributed by atoms with Crippen LogP contribution in [0.5, 0.6) is 11.5 Å². The second-order valence-electron chi connectivity index (χ2n) is 7.96. The van der Waals surface area contributed by atoms with Crippen LogP contribution < -0.4 is 15.2 Å². The molecule has 0 fully saturated rings. The highest BCUT2D eigenvalue weighted by atomic mass is 127. The smallest absolute Gasteiger partial charge is 0.262 e. The molecule has 4 aromatic rings. The molecular weight excluding hydrogens is 710 g/mol. The molecular formula is C23H16I2N6O4S. The summed E-state index contributed by atoms with van der Waals surface area (Å²) in [4.78, 5) is 41.3. The Labute approximate surface area is 236 Å². The third-order valence-corrected chi connectivity index (χ3v) is 9.34. The average Bonchev–Trinajstić information content (AvgIpc) is 3.53. The molecule has 13 heteroatoms. The Morgan fingerprint density at radius 1 is 1.08 bits per heavy atom. The van der Waals surface area contributed by atoms with E-state index >= 15 is 0 Å². The first-order valence-corrected chi connectivity index (χ1v) is 13.9. The van der Waals surface area contributed by atoms with E-state index in [9.17, 15) is 9.59 Å². The van der Waals surface area contributed by atoms with E-state index in [4.69, 9.17) is 20.2 Å². The van der Waals surface area contributed by atoms with Gasteiger partial charge in [-0.15, -0.1) is 0 Å². The molecule has 2 aromatic carbocycles. The van der Waals surface area contributed by atoms with E-state index in [1.807, 2.05) is 16.7 Å². The molecule has 0 saturated carbocycles. The topological polar surface area (TPSA) is 125 Å². The maximum absolute atomic E-state index is 12.9. The number of aryl methyl sites for hydroxylation is 1. The van der Waals surface area contributed by atoms with E-state index in [-0.39, 0.29) is 28.5 Å². The van der Waals surface area contributed by atoms with Crippen LogP contribution in [0, 0.1) is 3.57 Å². The summed E-state index contributed by atoms with van der Waals surface area (Å²) in [6.45, 7) is 0.649. The number of nitrogens with zero attached hydrogens (tertiary/aromatic N) is 5. The number of hydrogen-bond donors (Lipinski definition) is 1. The van der Waals surface area contributed by atoms with Crippen molar-refractivity contribution in [3.63, 3.8) is 0 Å². The summed E-state index contributed by atoms with van der Waals surface area (Å²) in [6.07, 6.45) is 1.90. The number of benzene rings is 2. The van der Waals surface area contributed by atoms with Crippen LogP contribution in [0.15, 0.2) is 52.8 Å². The average molecular weight is 726 g/mol. The van der Waals surface area contributed by atoms with Crippen LogP contribution in [-0.2, 0) is 6.54 Å². The van der Waals surface area contributed by atoms with Crippen LogP contribution in [0.4, 0.5) is 5.82 Å². The molecule has 182 valence electrons. The second kappa shape index (κ2) is 9.33. The third-order valence-electron chi connectivity index (χ3n) is 5.85. The number of fused-ring (bicyclic) bond motifs is 3. The van der Waals surface area contributed by atoms with Gasteiger partial charge in [0.1, 0.15) is 6.33 Å². The van der Waals surface area contributed by atoms with Gasteiger partial charge in [0.2, 0.25) is 6.79 Å². The SMILES string of the molecule is Nc1ncnc2c1nc(Sc1cc3c(cc1I)OCO3)n2CCC(I)N1C(=O)c2ccccc2C1=O. The van der Waals surface area contributed by atoms with Crippen molar-refractivity contribution in [2.45, 2.75) is 27.1 Å². The molecule has 36 heavy (non-hydrogen) atoms. The predicted octanol–water partition coefficient (Wildman–Crippen LogP) is 4.34. The van der Waals surface area contributed by atoms with E-state index in [1.165, 1.54) is 23.0 Å². The fraction of sp³-hybridized carbons (Fsp3) is 0.174. The van der Waals surface area contributed by atoms with E-state index in [1.54, 1.807) is 24.3 Å². The molecule has 1 atom stereocenters. The maximum Gasteiger partial charge on any atom is 0.262 e. The van der Waals surface area contributed by atoms with Crippen LogP contribution in [-0.4, -0.2) is 47.1 Å². The lowest BCUT2D eigenvalue weighted by atomic mass is 10.1. The van der Waals surface area contributed by atoms with E-state index in [2.05, 4.69) is 55.1 Å². The first-order chi connectivity index (χ1) is 17.4. The van der Waals surface area contributed by atoms with Gasteiger partial charge < -0.3 is 19.8 Å². The number of hydrogen-bond acceptors (Lipinski definition) is 9. The first kappa shape index (κ1) is 23.7. The Morgan fingerprint density at radius 2 is 1.78 bits per heavy atom. The maximum atomic E-state index is 12.9. The van der Waals surface area contributed by atoms with Crippen molar-refractivity contribution in [3.8, 4) is 11.5 Å². The van der Waals surface area contributed by atoms with Crippen LogP contribution in [0.25, 0.3) is 11.2 Å². The summed E-state index contributed by atoms with van der Waals surface area (Å²) < 4.78 is 13.6. The Hall–Kier alpha value is -2.66. The van der Waals surface area contributed by atoms with Gasteiger partial charge in [-0.2, -0.15) is 0 Å². The molecule has 4 heterocycles. The number of ether oxygens (including phenoxy) is 2. The number of nitrogen functional groups attached to an aromatic ring is 1. The molecule has 0 radical (unpaired) electrons. The molecule has 1 unspecified atom stereocenters. The Balaban J connectivity index is 1.30. The molecule has 0 aliphatic carbocycles. The van der Waals surface area contributed by atoms with Crippen molar-refractivity contribution < 1.29 is 19.1 Å². The van der Waals surface area contributed by atoms with Crippen LogP contribution >= 0.6 is 56.9 Å². The zero-order valence-electron chi connectivity index (χ0n) is 18.4. The minimum absolute atomic E-state index is 0.193. The van der Waals surface area contributed by atoms with E-state index in [0.717, 1.165) is 8.47 Å². The Morgan fingerprint density at radius 3 is 2.50 bits per heavy atom. The summed E-state index contributed by atoms with van der Waals surface area (Å²) in [5, 5.41) is 0.667. The van der Waals surface area contributed by atoms with Gasteiger partial charge in [-0.1, -0.05) is 46.5 Å². The zero-order chi connectivity index (χ0) is 25.0. The van der Waals surface area contributed by atoms with Gasteiger partial charge in [-0.3, -0.25) is 14.5 Å². The highest BCUT2D eigenvalue weighted by Crippen LogP contribution is 2.42. The number of aromatic nitrogens is 4. The highest BCUT2D eigenvalue weighted by Gasteiger charge is 2.38. The van der Waals surface area contributed by atoms with Crippen LogP contribution in [0.1, 0.15) is 27.1 Å². The minimum Gasteiger partial charge on any atom is -0.454 e. The fourth-order valence-electron chi connectivity index (χ4n) is 4.12. The number of imidazole rings is 1. The Bertz CT molecular complexity index is 1530. The molecule has 0 spiro atoms. The molecule has 2 aliphatic rings. The zero-order valence-corrected chi connectivity index (χ0v) is 23.5. The van der Waals surface area contributed by atoms with Crippen LogP contribution in [0.3, 0.4) is 0 Å². The largest absolute Gasteiger partial charge is 0.454 e. The summed E-state index contributed by atoms with van der Waals surface area (Å²) >= 11 is 5.85. The predicted molar refractivity (Wildman–Crippen MR) is 149 cm³/mol. The number of carbonyl (C=O) groups excluding carboxylic acids is 2. The van der Waals surface area contributed by atoms with Crippen molar-refractivity contribution >= 4 is 85.7 Å².